The largest absolute Gasteiger partial charge is 0.478 e. The molecule has 0 bridgehead atoms. The predicted molar refractivity (Wildman–Crippen MR) is 176 cm³/mol. The van der Waals surface area contributed by atoms with E-state index in [0.717, 1.165) is 24.5 Å². The molecule has 44 heavy (non-hydrogen) atoms. The zero-order chi connectivity index (χ0) is 34.2. The number of carbonyl (C=O) groups is 4. The van der Waals surface area contributed by atoms with Crippen LogP contribution >= 0.6 is 0 Å². The molecule has 246 valence electrons. The third kappa shape index (κ3) is 29.3. The summed E-state index contributed by atoms with van der Waals surface area (Å²) in [6.07, 6.45) is 11.5. The van der Waals surface area contributed by atoms with Crippen molar-refractivity contribution in [2.24, 2.45) is 0 Å². The molecule has 0 spiro atoms. The van der Waals surface area contributed by atoms with E-state index in [2.05, 4.69) is 42.7 Å². The van der Waals surface area contributed by atoms with Crippen LogP contribution in [0.15, 0.2) is 85.5 Å². The highest BCUT2D eigenvalue weighted by Crippen LogP contribution is 2.07. The minimum atomic E-state index is -0.981. The highest BCUT2D eigenvalue weighted by atomic mass is 16.5. The third-order valence-corrected chi connectivity index (χ3v) is 5.27. The molecule has 0 aliphatic heterocycles. The summed E-state index contributed by atoms with van der Waals surface area (Å²) < 4.78 is 14.2. The summed E-state index contributed by atoms with van der Waals surface area (Å²) in [4.78, 5) is 42.2. The Balaban J connectivity index is -0.000000537. The van der Waals surface area contributed by atoms with E-state index in [-0.39, 0.29) is 24.5 Å². The highest BCUT2D eigenvalue weighted by molar-refractivity contribution is 5.88. The Bertz CT molecular complexity index is 1020. The van der Waals surface area contributed by atoms with Gasteiger partial charge in [0.25, 0.3) is 0 Å². The first-order valence-corrected chi connectivity index (χ1v) is 14.6. The van der Waals surface area contributed by atoms with Gasteiger partial charge in [-0.05, 0) is 44.6 Å². The first kappa shape index (κ1) is 44.2. The fourth-order valence-corrected chi connectivity index (χ4v) is 2.70. The molecule has 0 amide bonds. The van der Waals surface area contributed by atoms with Crippen LogP contribution in [0.3, 0.4) is 0 Å². The minimum absolute atomic E-state index is 0.0818. The lowest BCUT2D eigenvalue weighted by atomic mass is 10.1. The number of esters is 3. The number of aliphatic hydroxyl groups excluding tert-OH is 1. The number of carboxylic acid groups (broad SMARTS) is 1. The van der Waals surface area contributed by atoms with Crippen LogP contribution in [-0.2, 0) is 33.4 Å². The van der Waals surface area contributed by atoms with Crippen molar-refractivity contribution in [3.63, 3.8) is 0 Å². The van der Waals surface area contributed by atoms with Gasteiger partial charge in [0.05, 0.1) is 20.3 Å². The lowest BCUT2D eigenvalue weighted by Crippen LogP contribution is -2.07. The third-order valence-electron chi connectivity index (χ3n) is 5.27. The predicted octanol–water partition coefficient (Wildman–Crippen LogP) is 7.03. The van der Waals surface area contributed by atoms with Gasteiger partial charge in [-0.3, -0.25) is 0 Å². The average molecular weight is 617 g/mol. The van der Waals surface area contributed by atoms with Gasteiger partial charge in [-0.2, -0.15) is 0 Å². The lowest BCUT2D eigenvalue weighted by molar-refractivity contribution is -0.139. The van der Waals surface area contributed by atoms with Gasteiger partial charge in [-0.15, -0.1) is 0 Å². The van der Waals surface area contributed by atoms with E-state index < -0.39 is 5.97 Å². The van der Waals surface area contributed by atoms with Crippen LogP contribution in [0, 0.1) is 0 Å². The van der Waals surface area contributed by atoms with Crippen molar-refractivity contribution in [2.45, 2.75) is 72.1 Å². The van der Waals surface area contributed by atoms with Crippen molar-refractivity contribution < 1.29 is 43.6 Å². The molecule has 0 fully saturated rings. The molecule has 0 unspecified atom stereocenters. The van der Waals surface area contributed by atoms with Crippen molar-refractivity contribution in [3.05, 3.63) is 91.1 Å². The Morgan fingerprint density at radius 2 is 1.41 bits per heavy atom. The Kier molecular flexibility index (Phi) is 31.8. The van der Waals surface area contributed by atoms with Crippen molar-refractivity contribution >= 4 is 30.0 Å². The zero-order valence-electron chi connectivity index (χ0n) is 27.0. The minimum Gasteiger partial charge on any atom is -0.478 e. The second-order valence-corrected chi connectivity index (χ2v) is 8.96. The molecule has 0 saturated heterocycles. The van der Waals surface area contributed by atoms with Gasteiger partial charge in [-0.1, -0.05) is 102 Å². The number of aliphatic hydroxyl groups is 1. The summed E-state index contributed by atoms with van der Waals surface area (Å²) in [7, 11) is 1.36. The molecule has 0 atom stereocenters. The molecule has 0 radical (unpaired) electrons. The van der Waals surface area contributed by atoms with Crippen LogP contribution in [-0.4, -0.2) is 61.0 Å². The average Bonchev–Trinajstić information content (AvgIpc) is 3.03. The summed E-state index contributed by atoms with van der Waals surface area (Å²) in [6, 6.07) is 9.89. The van der Waals surface area contributed by atoms with Crippen LogP contribution in [0.4, 0.5) is 0 Å². The van der Waals surface area contributed by atoms with E-state index in [1.54, 1.807) is 6.92 Å². The summed E-state index contributed by atoms with van der Waals surface area (Å²) in [6.45, 7) is 20.5. The SMILES string of the molecule is C=C(CC)C(=O)OCCCCCC.C=C(CC=Cc1ccccc1)C(=O)OC.C=C(CCCO)C(=O)OCC.C=CC(=O)O. The van der Waals surface area contributed by atoms with Gasteiger partial charge in [0.1, 0.15) is 0 Å². The number of allylic oxidation sites excluding steroid dienone is 1. The number of rotatable bonds is 17. The van der Waals surface area contributed by atoms with Crippen LogP contribution in [0.5, 0.6) is 0 Å². The molecule has 0 heterocycles. The van der Waals surface area contributed by atoms with E-state index >= 15 is 0 Å². The number of unbranched alkanes of at least 4 members (excludes halogenated alkanes) is 3. The molecule has 1 aromatic carbocycles. The molecule has 1 aromatic rings. The maximum atomic E-state index is 11.1. The Hall–Kier alpha value is -4.24. The summed E-state index contributed by atoms with van der Waals surface area (Å²) in [5.74, 6) is -1.93. The van der Waals surface area contributed by atoms with Crippen LogP contribution in [0.2, 0.25) is 0 Å². The molecule has 9 nitrogen and oxygen atoms in total. The zero-order valence-corrected chi connectivity index (χ0v) is 27.0. The molecule has 2 N–H and O–H groups in total. The van der Waals surface area contributed by atoms with Gasteiger partial charge < -0.3 is 24.4 Å². The van der Waals surface area contributed by atoms with Crippen LogP contribution < -0.4 is 0 Å². The van der Waals surface area contributed by atoms with E-state index in [1.165, 1.54) is 20.0 Å². The summed E-state index contributed by atoms with van der Waals surface area (Å²) >= 11 is 0. The second-order valence-electron chi connectivity index (χ2n) is 8.96. The highest BCUT2D eigenvalue weighted by Gasteiger charge is 2.06. The number of benzene rings is 1. The fourth-order valence-electron chi connectivity index (χ4n) is 2.70. The van der Waals surface area contributed by atoms with E-state index in [0.29, 0.717) is 55.6 Å². The van der Waals surface area contributed by atoms with Crippen LogP contribution in [0.1, 0.15) is 77.7 Å². The normalized spacial score (nSPS) is 9.39. The summed E-state index contributed by atoms with van der Waals surface area (Å²) in [5, 5.41) is 16.0. The Morgan fingerprint density at radius 3 is 1.89 bits per heavy atom. The first-order valence-electron chi connectivity index (χ1n) is 14.6. The first-order chi connectivity index (χ1) is 20.9. The van der Waals surface area contributed by atoms with Gasteiger partial charge in [0, 0.05) is 29.4 Å². The number of aliphatic carboxylic acids is 1. The van der Waals surface area contributed by atoms with E-state index in [1.807, 2.05) is 49.4 Å². The van der Waals surface area contributed by atoms with E-state index in [4.69, 9.17) is 14.9 Å². The maximum absolute atomic E-state index is 11.1. The van der Waals surface area contributed by atoms with Gasteiger partial charge in [0.2, 0.25) is 0 Å². The summed E-state index contributed by atoms with van der Waals surface area (Å²) in [5.41, 5.74) is 2.57. The fraction of sp³-hybridized carbons (Fsp3) is 0.429. The molecule has 0 saturated carbocycles. The number of hydrogen-bond donors (Lipinski definition) is 2. The van der Waals surface area contributed by atoms with Crippen molar-refractivity contribution in [3.8, 4) is 0 Å². The molecule has 9 heteroatoms. The number of methoxy groups -OCH3 is 1. The van der Waals surface area contributed by atoms with Gasteiger partial charge in [0.15, 0.2) is 0 Å². The molecule has 0 aliphatic rings. The second kappa shape index (κ2) is 31.7. The van der Waals surface area contributed by atoms with Crippen LogP contribution in [0.25, 0.3) is 6.08 Å². The number of carboxylic acids is 1. The van der Waals surface area contributed by atoms with Gasteiger partial charge in [-0.25, -0.2) is 19.2 Å². The lowest BCUT2D eigenvalue weighted by Gasteiger charge is -2.04. The molecule has 0 aromatic heterocycles. The molecular weight excluding hydrogens is 564 g/mol. The molecule has 1 rings (SSSR count). The topological polar surface area (TPSA) is 136 Å². The van der Waals surface area contributed by atoms with Crippen molar-refractivity contribution in [1.29, 1.82) is 0 Å². The van der Waals surface area contributed by atoms with Gasteiger partial charge >= 0.3 is 23.9 Å². The monoisotopic (exact) mass is 616 g/mol. The van der Waals surface area contributed by atoms with E-state index in [9.17, 15) is 19.2 Å². The van der Waals surface area contributed by atoms with Crippen molar-refractivity contribution in [2.75, 3.05) is 26.9 Å². The number of carbonyl (C=O) groups excluding carboxylic acids is 3. The Morgan fingerprint density at radius 1 is 0.818 bits per heavy atom. The Labute approximate surface area is 263 Å². The standard InChI is InChI=1S/C13H14O2.C11H20O2.C8H14O3.C3H4O2/c1-11(13(14)15-2)7-6-10-12-8-4-3-5-9-12;1-4-6-7-8-9-13-11(12)10(3)5-2;1-3-11-8(10)7(2)5-4-6-9;1-2-3(4)5/h3-6,8-10H,1,7H2,2H3;3-9H2,1-2H3;9H,2-6H2,1H3;2H,1H2,(H,4,5). The number of hydrogen-bond acceptors (Lipinski definition) is 8. The van der Waals surface area contributed by atoms with Crippen molar-refractivity contribution in [1.82, 2.24) is 0 Å². The smallest absolute Gasteiger partial charge is 0.333 e. The maximum Gasteiger partial charge on any atom is 0.333 e. The molecular formula is C35H52O9. The molecule has 0 aliphatic carbocycles. The number of ether oxygens (including phenoxy) is 3. The quantitative estimate of drug-likeness (QED) is 0.0818.